The number of anilines is 1. The van der Waals surface area contributed by atoms with Gasteiger partial charge in [-0.3, -0.25) is 19.5 Å². The number of fused-ring (bicyclic) bond motifs is 7. The van der Waals surface area contributed by atoms with Gasteiger partial charge in [-0.25, -0.2) is 15.4 Å². The molecule has 0 radical (unpaired) electrons. The van der Waals surface area contributed by atoms with Crippen molar-refractivity contribution in [2.45, 2.75) is 91.3 Å². The van der Waals surface area contributed by atoms with Crippen LogP contribution in [0.5, 0.6) is 23.0 Å². The summed E-state index contributed by atoms with van der Waals surface area (Å²) in [7, 11) is 7.50. The highest BCUT2D eigenvalue weighted by atomic mass is 16.7. The number of hydrogen-bond acceptors (Lipinski definition) is 17. The average molecular weight is 1080 g/mol. The van der Waals surface area contributed by atoms with Crippen LogP contribution in [0, 0.1) is 11.3 Å². The fourth-order valence-corrected chi connectivity index (χ4v) is 11.3. The third kappa shape index (κ3) is 13.9. The van der Waals surface area contributed by atoms with Crippen molar-refractivity contribution in [3.8, 4) is 34.3 Å². The number of nitrogens with one attached hydrogen (secondary N) is 3. The average Bonchev–Trinajstić information content (AvgIpc) is 4.38. The highest BCUT2D eigenvalue weighted by Crippen LogP contribution is 2.47. The maximum Gasteiger partial charge on any atom is 0.259 e. The van der Waals surface area contributed by atoms with Gasteiger partial charge in [0.25, 0.3) is 5.56 Å². The number of benzene rings is 3. The number of hydrogen-bond donors (Lipinski definition) is 4. The zero-order chi connectivity index (χ0) is 54.6. The molecule has 0 bridgehead atoms. The van der Waals surface area contributed by atoms with E-state index in [0.29, 0.717) is 133 Å². The number of hydrazine groups is 1. The molecule has 2 aliphatic carbocycles. The molecule has 5 aromatic rings. The topological polar surface area (TPSA) is 192 Å². The molecule has 5 N–H and O–H groups in total. The summed E-state index contributed by atoms with van der Waals surface area (Å²) in [5.41, 5.74) is 10.1. The highest BCUT2D eigenvalue weighted by molar-refractivity contribution is 6.27. The molecule has 3 aromatic carbocycles. The summed E-state index contributed by atoms with van der Waals surface area (Å²) in [5, 5.41) is 11.1. The number of allylic oxidation sites excluding steroid dienone is 1. The molecule has 0 saturated heterocycles. The Labute approximate surface area is 459 Å². The van der Waals surface area contributed by atoms with Crippen LogP contribution in [0.2, 0.25) is 0 Å². The Bertz CT molecular complexity index is 2940. The van der Waals surface area contributed by atoms with Crippen molar-refractivity contribution in [2.24, 2.45) is 11.3 Å². The molecular weight excluding hydrogens is 993 g/mol. The van der Waals surface area contributed by atoms with E-state index in [1.54, 1.807) is 28.8 Å². The lowest BCUT2D eigenvalue weighted by atomic mass is 9.71. The number of para-hydroxylation sites is 1. The molecule has 19 heteroatoms. The first-order valence-corrected chi connectivity index (χ1v) is 28.1. The van der Waals surface area contributed by atoms with Crippen molar-refractivity contribution in [1.82, 2.24) is 40.2 Å². The van der Waals surface area contributed by atoms with E-state index in [1.807, 2.05) is 0 Å². The minimum absolute atomic E-state index is 0.0833. The summed E-state index contributed by atoms with van der Waals surface area (Å²) < 4.78 is 41.4. The fourth-order valence-electron chi connectivity index (χ4n) is 11.3. The van der Waals surface area contributed by atoms with Gasteiger partial charge in [0.15, 0.2) is 28.8 Å². The molecule has 0 atom stereocenters. The van der Waals surface area contributed by atoms with Gasteiger partial charge in [0.1, 0.15) is 17.3 Å². The van der Waals surface area contributed by atoms with Crippen LogP contribution in [0.1, 0.15) is 93.9 Å². The number of nitrogens with two attached hydrogens (primary N) is 1. The largest absolute Gasteiger partial charge is 0.493 e. The summed E-state index contributed by atoms with van der Waals surface area (Å²) in [6, 6.07) is 15.8. The Balaban J connectivity index is 0.598. The molecule has 0 amide bonds. The van der Waals surface area contributed by atoms with Crippen LogP contribution in [-0.4, -0.2) is 155 Å². The van der Waals surface area contributed by atoms with Crippen LogP contribution in [0.3, 0.4) is 0 Å². The van der Waals surface area contributed by atoms with E-state index < -0.39 is 0 Å². The number of rotatable bonds is 30. The minimum atomic E-state index is -0.211. The SMILES string of the molecule is COc1cc2c3c(n(CCCNCCOCCOCCOCCN4C=C(CCCN(C)CCCNc5nc(CN(C)C6CCC(C(C)(C)C)CC6)nc6ccccc56)[NH2+]N4)c(=O)c2cc1OC)-c1cc2c(cc1C3=O)OCO2. The van der Waals surface area contributed by atoms with Gasteiger partial charge in [-0.1, -0.05) is 38.4 Å². The lowest BCUT2D eigenvalue weighted by Gasteiger charge is -2.39. The molecule has 19 nitrogen and oxygen atoms in total. The lowest BCUT2D eigenvalue weighted by molar-refractivity contribution is -0.678. The molecule has 4 heterocycles. The number of aromatic nitrogens is 3. The molecule has 0 unspecified atom stereocenters. The van der Waals surface area contributed by atoms with E-state index in [9.17, 15) is 9.59 Å². The maximum atomic E-state index is 14.1. The number of carbonyl (C=O) groups excluding carboxylic acids is 1. The van der Waals surface area contributed by atoms with Gasteiger partial charge in [0.2, 0.25) is 6.79 Å². The molecule has 1 fully saturated rings. The zero-order valence-electron chi connectivity index (χ0n) is 47.0. The van der Waals surface area contributed by atoms with Crippen LogP contribution in [0.4, 0.5) is 5.82 Å². The Morgan fingerprint density at radius 2 is 1.46 bits per heavy atom. The molecule has 2 aliphatic heterocycles. The van der Waals surface area contributed by atoms with Crippen molar-refractivity contribution >= 4 is 33.3 Å². The summed E-state index contributed by atoms with van der Waals surface area (Å²) >= 11 is 0. The van der Waals surface area contributed by atoms with Gasteiger partial charge < -0.3 is 53.3 Å². The first-order chi connectivity index (χ1) is 37.9. The number of ketones is 1. The number of ether oxygens (including phenoxy) is 7. The Morgan fingerprint density at radius 1 is 0.769 bits per heavy atom. The second-order valence-electron chi connectivity index (χ2n) is 22.1. The standard InChI is InChI=1S/C59H82N10O9/c1-59(2,3)40-16-18-42(19-17-40)67(5)38-53-62-48-15-9-8-14-43(48)57(63-53)61-21-12-24-66(4)23-10-13-41-37-68(65-64-41)26-28-75-30-32-76-31-29-74-27-22-60-20-11-25-69-55-45-34-51-52(78-39-77-51)35-46(45)56(70)54(55)44-33-49(72-6)50(73-7)36-47(44)58(69)71/h8-9,14-15,33-37,40,42,60,64-65H,10-13,16-32,38-39H2,1-7H3,(H,61,62,63)/p+1. The van der Waals surface area contributed by atoms with Gasteiger partial charge in [-0.2, -0.15) is 0 Å². The highest BCUT2D eigenvalue weighted by Gasteiger charge is 2.36. The van der Waals surface area contributed by atoms with Gasteiger partial charge >= 0.3 is 0 Å². The monoisotopic (exact) mass is 1080 g/mol. The second-order valence-corrected chi connectivity index (χ2v) is 22.1. The quantitative estimate of drug-likeness (QED) is 0.0289. The van der Waals surface area contributed by atoms with Crippen molar-refractivity contribution in [3.63, 3.8) is 0 Å². The normalized spacial score (nSPS) is 17.0. The van der Waals surface area contributed by atoms with E-state index in [0.717, 1.165) is 80.4 Å². The maximum absolute atomic E-state index is 14.1. The van der Waals surface area contributed by atoms with Crippen LogP contribution in [-0.2, 0) is 27.3 Å². The number of nitrogens with zero attached hydrogens (tertiary/aromatic N) is 6. The van der Waals surface area contributed by atoms with Gasteiger partial charge in [0, 0.05) is 54.0 Å². The summed E-state index contributed by atoms with van der Waals surface area (Å²) in [4.78, 5) is 43.0. The number of methoxy groups -OCH3 is 2. The molecule has 2 aromatic heterocycles. The number of pyridine rings is 1. The van der Waals surface area contributed by atoms with Crippen LogP contribution in [0.25, 0.3) is 32.9 Å². The molecule has 422 valence electrons. The van der Waals surface area contributed by atoms with Crippen molar-refractivity contribution in [1.29, 1.82) is 0 Å². The second kappa shape index (κ2) is 26.8. The third-order valence-corrected chi connectivity index (χ3v) is 15.7. The van der Waals surface area contributed by atoms with Crippen LogP contribution in [0.15, 0.2) is 65.2 Å². The van der Waals surface area contributed by atoms with E-state index in [-0.39, 0.29) is 18.1 Å². The Kier molecular flexibility index (Phi) is 19.5. The summed E-state index contributed by atoms with van der Waals surface area (Å²) in [5.74, 6) is 4.38. The molecule has 0 spiro atoms. The van der Waals surface area contributed by atoms with E-state index in [4.69, 9.17) is 43.1 Å². The Morgan fingerprint density at radius 3 is 2.21 bits per heavy atom. The Hall–Kier alpha value is -5.90. The van der Waals surface area contributed by atoms with Crippen molar-refractivity contribution < 1.29 is 43.4 Å². The molecule has 78 heavy (non-hydrogen) atoms. The molecule has 9 rings (SSSR count). The van der Waals surface area contributed by atoms with Crippen molar-refractivity contribution in [2.75, 3.05) is 119 Å². The third-order valence-electron chi connectivity index (χ3n) is 15.7. The van der Waals surface area contributed by atoms with E-state index >= 15 is 0 Å². The predicted molar refractivity (Wildman–Crippen MR) is 302 cm³/mol. The van der Waals surface area contributed by atoms with Crippen molar-refractivity contribution in [3.05, 3.63) is 87.7 Å². The summed E-state index contributed by atoms with van der Waals surface area (Å²) in [6.07, 6.45) is 11.0. The zero-order valence-corrected chi connectivity index (χ0v) is 47.0. The smallest absolute Gasteiger partial charge is 0.259 e. The lowest BCUT2D eigenvalue weighted by Crippen LogP contribution is -2.90. The molecule has 4 aliphatic rings. The van der Waals surface area contributed by atoms with Gasteiger partial charge in [0.05, 0.1) is 95.3 Å². The van der Waals surface area contributed by atoms with Gasteiger partial charge in [-0.05, 0) is 126 Å². The fraction of sp³-hybridized carbons (Fsp3) is 0.559. The molecule has 1 saturated carbocycles. The summed E-state index contributed by atoms with van der Waals surface area (Å²) in [6.45, 7) is 16.4. The molecular formula is C59H83N10O9+. The van der Waals surface area contributed by atoms with E-state index in [1.165, 1.54) is 45.6 Å². The first-order valence-electron chi connectivity index (χ1n) is 28.1. The number of carbonyl (C=O) groups is 1. The van der Waals surface area contributed by atoms with Crippen LogP contribution < -0.4 is 46.1 Å². The number of quaternary nitrogens is 1. The van der Waals surface area contributed by atoms with E-state index in [2.05, 4.69) is 102 Å². The van der Waals surface area contributed by atoms with Crippen LogP contribution >= 0.6 is 0 Å². The van der Waals surface area contributed by atoms with Gasteiger partial charge in [-0.15, -0.1) is 0 Å². The predicted octanol–water partition coefficient (Wildman–Crippen LogP) is 6.32. The minimum Gasteiger partial charge on any atom is -0.493 e. The first kappa shape index (κ1) is 56.8.